The lowest BCUT2D eigenvalue weighted by Gasteiger charge is -2.18. The van der Waals surface area contributed by atoms with Crippen LogP contribution in [0.25, 0.3) is 0 Å². The van der Waals surface area contributed by atoms with Crippen molar-refractivity contribution in [1.82, 2.24) is 0 Å². The Bertz CT molecular complexity index is 515. The Morgan fingerprint density at radius 3 is 2.48 bits per heavy atom. The van der Waals surface area contributed by atoms with Gasteiger partial charge in [0.05, 0.1) is 6.61 Å². The predicted octanol–water partition coefficient (Wildman–Crippen LogP) is 5.88. The third kappa shape index (κ3) is 3.02. The second kappa shape index (κ2) is 6.68. The van der Waals surface area contributed by atoms with Gasteiger partial charge in [0, 0.05) is 17.4 Å². The summed E-state index contributed by atoms with van der Waals surface area (Å²) in [6.07, 6.45) is 14.0. The molecular weight excluding hydrogens is 256 g/mol. The van der Waals surface area contributed by atoms with E-state index < -0.39 is 0 Å². The molecule has 2 atom stereocenters. The van der Waals surface area contributed by atoms with E-state index in [-0.39, 0.29) is 0 Å². The van der Waals surface area contributed by atoms with Crippen molar-refractivity contribution in [2.24, 2.45) is 0 Å². The first-order valence-electron chi connectivity index (χ1n) is 8.75. The fourth-order valence-electron chi connectivity index (χ4n) is 3.92. The van der Waals surface area contributed by atoms with Crippen LogP contribution in [-0.4, -0.2) is 6.61 Å². The Morgan fingerprint density at radius 2 is 1.67 bits per heavy atom. The molecule has 0 radical (unpaired) electrons. The molecule has 0 heterocycles. The summed E-state index contributed by atoms with van der Waals surface area (Å²) in [6.45, 7) is 5.39. The molecule has 0 aromatic heterocycles. The molecule has 0 N–H and O–H groups in total. The van der Waals surface area contributed by atoms with Gasteiger partial charge in [-0.15, -0.1) is 0 Å². The molecular formula is C20H28O. The van der Waals surface area contributed by atoms with Gasteiger partial charge in [-0.05, 0) is 37.0 Å². The summed E-state index contributed by atoms with van der Waals surface area (Å²) in [7, 11) is 0. The molecule has 0 saturated carbocycles. The molecule has 0 fully saturated rings. The smallest absolute Gasteiger partial charge is 0.123 e. The molecule has 2 bridgehead atoms. The zero-order valence-electron chi connectivity index (χ0n) is 13.5. The van der Waals surface area contributed by atoms with Crippen LogP contribution in [0.1, 0.15) is 80.4 Å². The Hall–Kier alpha value is -1.24. The molecule has 3 rings (SSSR count). The molecule has 1 aromatic rings. The Kier molecular flexibility index (Phi) is 4.67. The first kappa shape index (κ1) is 14.7. The van der Waals surface area contributed by atoms with E-state index in [2.05, 4.69) is 38.1 Å². The summed E-state index contributed by atoms with van der Waals surface area (Å²) in [6, 6.07) is 4.43. The van der Waals surface area contributed by atoms with Gasteiger partial charge in [0.25, 0.3) is 0 Å². The number of aryl methyl sites for hydroxylation is 1. The Balaban J connectivity index is 1.54. The van der Waals surface area contributed by atoms with Crippen LogP contribution in [0.2, 0.25) is 0 Å². The summed E-state index contributed by atoms with van der Waals surface area (Å²) in [5, 5.41) is 0. The standard InChI is InChI=1S/C20H28O/c1-3-4-5-6-7-8-13-21-18-12-9-15(2)19-16-10-11-17(14-16)20(18)19/h9-12,16-17H,3-8,13-14H2,1-2H3. The van der Waals surface area contributed by atoms with Gasteiger partial charge in [0.1, 0.15) is 5.75 Å². The van der Waals surface area contributed by atoms with Gasteiger partial charge in [-0.3, -0.25) is 0 Å². The third-order valence-electron chi connectivity index (χ3n) is 5.05. The van der Waals surface area contributed by atoms with Gasteiger partial charge in [-0.2, -0.15) is 0 Å². The van der Waals surface area contributed by atoms with Crippen molar-refractivity contribution in [3.63, 3.8) is 0 Å². The largest absolute Gasteiger partial charge is 0.493 e. The van der Waals surface area contributed by atoms with E-state index in [9.17, 15) is 0 Å². The number of unbranched alkanes of at least 4 members (excludes halogenated alkanes) is 5. The number of hydrogen-bond donors (Lipinski definition) is 0. The number of ether oxygens (including phenoxy) is 1. The molecule has 21 heavy (non-hydrogen) atoms. The average Bonchev–Trinajstić information content (AvgIpc) is 3.10. The number of hydrogen-bond acceptors (Lipinski definition) is 1. The molecule has 2 aliphatic rings. The van der Waals surface area contributed by atoms with Crippen molar-refractivity contribution >= 4 is 0 Å². The van der Waals surface area contributed by atoms with Gasteiger partial charge in [-0.1, -0.05) is 57.2 Å². The Labute approximate surface area is 129 Å². The van der Waals surface area contributed by atoms with E-state index in [0.29, 0.717) is 11.8 Å². The van der Waals surface area contributed by atoms with Crippen molar-refractivity contribution in [2.75, 3.05) is 6.61 Å². The second-order valence-corrected chi connectivity index (χ2v) is 6.66. The molecule has 1 nitrogen and oxygen atoms in total. The van der Waals surface area contributed by atoms with E-state index in [1.54, 1.807) is 5.56 Å². The first-order chi connectivity index (χ1) is 10.3. The molecule has 2 aliphatic carbocycles. The lowest BCUT2D eigenvalue weighted by molar-refractivity contribution is 0.301. The van der Waals surface area contributed by atoms with Crippen LogP contribution in [0.5, 0.6) is 5.75 Å². The van der Waals surface area contributed by atoms with Crippen molar-refractivity contribution in [1.29, 1.82) is 0 Å². The molecule has 0 aliphatic heterocycles. The van der Waals surface area contributed by atoms with Crippen LogP contribution in [0, 0.1) is 6.92 Å². The van der Waals surface area contributed by atoms with Gasteiger partial charge in [0.15, 0.2) is 0 Å². The lowest BCUT2D eigenvalue weighted by atomic mass is 9.92. The fourth-order valence-corrected chi connectivity index (χ4v) is 3.92. The van der Waals surface area contributed by atoms with Crippen LogP contribution in [0.3, 0.4) is 0 Å². The quantitative estimate of drug-likeness (QED) is 0.428. The summed E-state index contributed by atoms with van der Waals surface area (Å²) in [4.78, 5) is 0. The van der Waals surface area contributed by atoms with Crippen LogP contribution >= 0.6 is 0 Å². The summed E-state index contributed by atoms with van der Waals surface area (Å²) in [5.41, 5.74) is 4.49. The number of allylic oxidation sites excluding steroid dienone is 2. The average molecular weight is 284 g/mol. The van der Waals surface area contributed by atoms with Gasteiger partial charge in [0.2, 0.25) is 0 Å². The summed E-state index contributed by atoms with van der Waals surface area (Å²) in [5.74, 6) is 2.42. The summed E-state index contributed by atoms with van der Waals surface area (Å²) < 4.78 is 6.13. The number of rotatable bonds is 8. The maximum Gasteiger partial charge on any atom is 0.123 e. The van der Waals surface area contributed by atoms with E-state index in [1.807, 2.05) is 0 Å². The molecule has 114 valence electrons. The van der Waals surface area contributed by atoms with Crippen LogP contribution < -0.4 is 4.74 Å². The number of fused-ring (bicyclic) bond motifs is 5. The molecule has 0 spiro atoms. The maximum absolute atomic E-state index is 6.13. The SMILES string of the molecule is CCCCCCCCOc1ccc(C)c2c1C1C=CC2C1. The van der Waals surface area contributed by atoms with Crippen molar-refractivity contribution in [3.05, 3.63) is 41.0 Å². The highest BCUT2D eigenvalue weighted by Gasteiger charge is 2.36. The van der Waals surface area contributed by atoms with E-state index in [1.165, 1.54) is 56.1 Å². The highest BCUT2D eigenvalue weighted by Crippen LogP contribution is 2.52. The van der Waals surface area contributed by atoms with Crippen LogP contribution in [0.4, 0.5) is 0 Å². The predicted molar refractivity (Wildman–Crippen MR) is 89.3 cm³/mol. The highest BCUT2D eigenvalue weighted by atomic mass is 16.5. The van der Waals surface area contributed by atoms with Crippen molar-refractivity contribution in [2.45, 2.75) is 70.6 Å². The third-order valence-corrected chi connectivity index (χ3v) is 5.05. The summed E-state index contributed by atoms with van der Waals surface area (Å²) >= 11 is 0. The van der Waals surface area contributed by atoms with E-state index in [4.69, 9.17) is 4.74 Å². The topological polar surface area (TPSA) is 9.23 Å². The lowest BCUT2D eigenvalue weighted by Crippen LogP contribution is -2.04. The monoisotopic (exact) mass is 284 g/mol. The minimum absolute atomic E-state index is 0.615. The van der Waals surface area contributed by atoms with Crippen molar-refractivity contribution < 1.29 is 4.74 Å². The van der Waals surface area contributed by atoms with Crippen molar-refractivity contribution in [3.8, 4) is 5.75 Å². The fraction of sp³-hybridized carbons (Fsp3) is 0.600. The van der Waals surface area contributed by atoms with E-state index in [0.717, 1.165) is 12.4 Å². The molecule has 0 saturated heterocycles. The first-order valence-corrected chi connectivity index (χ1v) is 8.75. The van der Waals surface area contributed by atoms with Crippen LogP contribution in [0.15, 0.2) is 24.3 Å². The zero-order chi connectivity index (χ0) is 14.7. The highest BCUT2D eigenvalue weighted by molar-refractivity contribution is 5.57. The normalized spacial score (nSPS) is 21.8. The maximum atomic E-state index is 6.13. The molecule has 2 unspecified atom stereocenters. The molecule has 1 aromatic carbocycles. The zero-order valence-corrected chi connectivity index (χ0v) is 13.5. The second-order valence-electron chi connectivity index (χ2n) is 6.66. The minimum Gasteiger partial charge on any atom is -0.493 e. The van der Waals surface area contributed by atoms with Gasteiger partial charge < -0.3 is 4.74 Å². The Morgan fingerprint density at radius 1 is 0.952 bits per heavy atom. The molecule has 0 amide bonds. The molecule has 1 heteroatoms. The van der Waals surface area contributed by atoms with Gasteiger partial charge in [-0.25, -0.2) is 0 Å². The van der Waals surface area contributed by atoms with Gasteiger partial charge >= 0.3 is 0 Å². The minimum atomic E-state index is 0.615. The van der Waals surface area contributed by atoms with E-state index >= 15 is 0 Å². The number of benzene rings is 1. The van der Waals surface area contributed by atoms with Crippen LogP contribution in [-0.2, 0) is 0 Å².